The molecule has 1 amide bonds. The molecular weight excluding hydrogens is 302 g/mol. The first-order valence-electron chi connectivity index (χ1n) is 6.41. The molecule has 118 valence electrons. The summed E-state index contributed by atoms with van der Waals surface area (Å²) in [6.07, 6.45) is -0.442. The molecule has 1 fully saturated rings. The average Bonchev–Trinajstić information content (AvgIpc) is 2.78. The first-order valence-corrected chi connectivity index (χ1v) is 6.41. The van der Waals surface area contributed by atoms with Crippen LogP contribution in [0.3, 0.4) is 0 Å². The van der Waals surface area contributed by atoms with Crippen LogP contribution in [0.1, 0.15) is 12.0 Å². The van der Waals surface area contributed by atoms with E-state index in [4.69, 9.17) is 4.74 Å². The summed E-state index contributed by atoms with van der Waals surface area (Å²) in [5.74, 6) is -2.45. The van der Waals surface area contributed by atoms with Gasteiger partial charge in [-0.05, 0) is 6.07 Å². The van der Waals surface area contributed by atoms with Crippen LogP contribution in [0.2, 0.25) is 0 Å². The van der Waals surface area contributed by atoms with Crippen molar-refractivity contribution in [3.8, 4) is 5.75 Å². The van der Waals surface area contributed by atoms with Crippen LogP contribution in [-0.2, 0) is 11.3 Å². The number of halogens is 3. The molecule has 1 atom stereocenters. The predicted octanol–water partition coefficient (Wildman–Crippen LogP) is 2.07. The highest BCUT2D eigenvalue weighted by molar-refractivity contribution is 5.85. The summed E-state index contributed by atoms with van der Waals surface area (Å²) >= 11 is 0. The maximum Gasteiger partial charge on any atom is 0.262 e. The first kappa shape index (κ1) is 17.7. The summed E-state index contributed by atoms with van der Waals surface area (Å²) in [5.41, 5.74) is 0.843. The molecule has 0 aliphatic carbocycles. The molecule has 1 N–H and O–H groups in total. The second kappa shape index (κ2) is 7.04. The molecule has 0 radical (unpaired) electrons. The van der Waals surface area contributed by atoms with Gasteiger partial charge in [0.25, 0.3) is 5.92 Å². The van der Waals surface area contributed by atoms with Gasteiger partial charge in [0.05, 0.1) is 19.7 Å². The number of ether oxygens (including phenoxy) is 1. The summed E-state index contributed by atoms with van der Waals surface area (Å²) in [6, 6.07) is 6.51. The lowest BCUT2D eigenvalue weighted by Crippen LogP contribution is -2.41. The van der Waals surface area contributed by atoms with Gasteiger partial charge in [-0.15, -0.1) is 12.4 Å². The van der Waals surface area contributed by atoms with Gasteiger partial charge >= 0.3 is 0 Å². The summed E-state index contributed by atoms with van der Waals surface area (Å²) in [7, 11) is 3.16. The number of likely N-dealkylation sites (N-methyl/N-ethyl adjacent to an activating group) is 1. The van der Waals surface area contributed by atoms with E-state index in [-0.39, 0.29) is 18.3 Å². The molecule has 4 nitrogen and oxygen atoms in total. The SMILES string of the molecule is COc1ccccc1CN(C)C(=O)C1CC(F)(F)CN1.Cl. The second-order valence-electron chi connectivity index (χ2n) is 5.00. The van der Waals surface area contributed by atoms with Gasteiger partial charge in [0.2, 0.25) is 5.91 Å². The van der Waals surface area contributed by atoms with Crippen molar-refractivity contribution in [2.75, 3.05) is 20.7 Å². The molecule has 0 saturated carbocycles. The smallest absolute Gasteiger partial charge is 0.262 e. The van der Waals surface area contributed by atoms with E-state index in [0.29, 0.717) is 12.3 Å². The monoisotopic (exact) mass is 320 g/mol. The Morgan fingerprint density at radius 3 is 2.71 bits per heavy atom. The molecule has 1 aromatic carbocycles. The zero-order valence-electron chi connectivity index (χ0n) is 11.9. The van der Waals surface area contributed by atoms with Crippen molar-refractivity contribution >= 4 is 18.3 Å². The largest absolute Gasteiger partial charge is 0.496 e. The normalized spacial score (nSPS) is 19.7. The van der Waals surface area contributed by atoms with Crippen LogP contribution in [0.25, 0.3) is 0 Å². The maximum absolute atomic E-state index is 13.1. The van der Waals surface area contributed by atoms with Gasteiger partial charge < -0.3 is 9.64 Å². The molecule has 21 heavy (non-hydrogen) atoms. The van der Waals surface area contributed by atoms with E-state index >= 15 is 0 Å². The Bertz CT molecular complexity index is 500. The summed E-state index contributed by atoms with van der Waals surface area (Å²) in [6.45, 7) is -0.113. The number of carbonyl (C=O) groups excluding carboxylic acids is 1. The predicted molar refractivity (Wildman–Crippen MR) is 78.1 cm³/mol. The van der Waals surface area contributed by atoms with Crippen LogP contribution in [0.5, 0.6) is 5.75 Å². The van der Waals surface area contributed by atoms with Crippen LogP contribution in [0.15, 0.2) is 24.3 Å². The fourth-order valence-electron chi connectivity index (χ4n) is 2.32. The lowest BCUT2D eigenvalue weighted by Gasteiger charge is -2.22. The fraction of sp³-hybridized carbons (Fsp3) is 0.500. The van der Waals surface area contributed by atoms with Crippen molar-refractivity contribution in [1.29, 1.82) is 0 Å². The van der Waals surface area contributed by atoms with E-state index < -0.39 is 24.9 Å². The topological polar surface area (TPSA) is 41.6 Å². The quantitative estimate of drug-likeness (QED) is 0.923. The number of rotatable bonds is 4. The van der Waals surface area contributed by atoms with Crippen molar-refractivity contribution in [1.82, 2.24) is 10.2 Å². The first-order chi connectivity index (χ1) is 9.43. The number of carbonyl (C=O) groups is 1. The number of methoxy groups -OCH3 is 1. The van der Waals surface area contributed by atoms with Gasteiger partial charge in [0.15, 0.2) is 0 Å². The van der Waals surface area contributed by atoms with E-state index in [2.05, 4.69) is 5.32 Å². The van der Waals surface area contributed by atoms with Crippen molar-refractivity contribution in [3.63, 3.8) is 0 Å². The summed E-state index contributed by atoms with van der Waals surface area (Å²) in [5, 5.41) is 2.57. The highest BCUT2D eigenvalue weighted by Crippen LogP contribution is 2.26. The zero-order chi connectivity index (χ0) is 14.8. The van der Waals surface area contributed by atoms with Crippen LogP contribution in [-0.4, -0.2) is 43.5 Å². The van der Waals surface area contributed by atoms with E-state index in [0.717, 1.165) is 5.56 Å². The Morgan fingerprint density at radius 1 is 1.48 bits per heavy atom. The molecule has 0 aromatic heterocycles. The maximum atomic E-state index is 13.1. The minimum Gasteiger partial charge on any atom is -0.496 e. The highest BCUT2D eigenvalue weighted by Gasteiger charge is 2.43. The van der Waals surface area contributed by atoms with Gasteiger partial charge in [0, 0.05) is 25.6 Å². The molecule has 1 saturated heterocycles. The third-order valence-corrected chi connectivity index (χ3v) is 3.38. The number of alkyl halides is 2. The Labute approximate surface area is 128 Å². The van der Waals surface area contributed by atoms with Gasteiger partial charge in [-0.1, -0.05) is 18.2 Å². The Balaban J connectivity index is 0.00000220. The van der Waals surface area contributed by atoms with Crippen LogP contribution in [0.4, 0.5) is 8.78 Å². The van der Waals surface area contributed by atoms with Gasteiger partial charge in [0.1, 0.15) is 5.75 Å². The molecule has 1 aromatic rings. The Hall–Kier alpha value is -1.40. The van der Waals surface area contributed by atoms with Crippen LogP contribution < -0.4 is 10.1 Å². The van der Waals surface area contributed by atoms with Crippen molar-refractivity contribution < 1.29 is 18.3 Å². The molecule has 7 heteroatoms. The number of para-hydroxylation sites is 1. The van der Waals surface area contributed by atoms with Gasteiger partial charge in [-0.2, -0.15) is 0 Å². The Morgan fingerprint density at radius 2 is 2.14 bits per heavy atom. The average molecular weight is 321 g/mol. The minimum atomic E-state index is -2.80. The summed E-state index contributed by atoms with van der Waals surface area (Å²) in [4.78, 5) is 13.6. The van der Waals surface area contributed by atoms with E-state index in [1.807, 2.05) is 18.2 Å². The van der Waals surface area contributed by atoms with Crippen LogP contribution in [0, 0.1) is 0 Å². The molecule has 0 spiro atoms. The zero-order valence-corrected chi connectivity index (χ0v) is 12.8. The van der Waals surface area contributed by atoms with Crippen molar-refractivity contribution in [2.45, 2.75) is 24.9 Å². The number of hydrogen-bond donors (Lipinski definition) is 1. The second-order valence-corrected chi connectivity index (χ2v) is 5.00. The molecular formula is C14H19ClF2N2O2. The lowest BCUT2D eigenvalue weighted by molar-refractivity contribution is -0.132. The standard InChI is InChI=1S/C14H18F2N2O2.ClH/c1-18(8-10-5-3-4-6-12(10)20-2)13(19)11-7-14(15,16)9-17-11;/h3-6,11,17H,7-9H2,1-2H3;1H. The number of benzene rings is 1. The van der Waals surface area contributed by atoms with Crippen molar-refractivity contribution in [2.24, 2.45) is 0 Å². The highest BCUT2D eigenvalue weighted by atomic mass is 35.5. The minimum absolute atomic E-state index is 0. The third kappa shape index (κ3) is 4.28. The number of hydrogen-bond acceptors (Lipinski definition) is 3. The Kier molecular flexibility index (Phi) is 5.92. The molecule has 1 heterocycles. The van der Waals surface area contributed by atoms with E-state index in [1.165, 1.54) is 4.90 Å². The van der Waals surface area contributed by atoms with Gasteiger partial charge in [-0.3, -0.25) is 10.1 Å². The van der Waals surface area contributed by atoms with Crippen molar-refractivity contribution in [3.05, 3.63) is 29.8 Å². The molecule has 0 bridgehead atoms. The van der Waals surface area contributed by atoms with Gasteiger partial charge in [-0.25, -0.2) is 8.78 Å². The number of nitrogens with one attached hydrogen (secondary N) is 1. The summed E-state index contributed by atoms with van der Waals surface area (Å²) < 4.78 is 31.4. The van der Waals surface area contributed by atoms with E-state index in [9.17, 15) is 13.6 Å². The fourth-order valence-corrected chi connectivity index (χ4v) is 2.32. The third-order valence-electron chi connectivity index (χ3n) is 3.38. The molecule has 1 unspecified atom stereocenters. The molecule has 1 aliphatic heterocycles. The lowest BCUT2D eigenvalue weighted by atomic mass is 10.1. The number of amides is 1. The molecule has 1 aliphatic rings. The molecule has 2 rings (SSSR count). The van der Waals surface area contributed by atoms with Crippen LogP contribution >= 0.6 is 12.4 Å². The number of nitrogens with zero attached hydrogens (tertiary/aromatic N) is 1. The van der Waals surface area contributed by atoms with E-state index in [1.54, 1.807) is 20.2 Å².